The van der Waals surface area contributed by atoms with Crippen LogP contribution in [0.15, 0.2) is 42.5 Å². The normalized spacial score (nSPS) is 10.7. The molecule has 1 amide bonds. The summed E-state index contributed by atoms with van der Waals surface area (Å²) in [5.41, 5.74) is 3.47. The minimum absolute atomic E-state index is 0.0423. The van der Waals surface area contributed by atoms with Crippen molar-refractivity contribution in [2.45, 2.75) is 46.6 Å². The molecule has 0 aliphatic heterocycles. The standard InChI is InChI=1S/C22H29NO3/c1-16(2)26-20-9-5-7-19(14-20)8-6-10-23-22(24)15-25-21-12-17(3)11-18(4)13-21/h5,7,9,11-14,16H,6,8,10,15H2,1-4H3,(H,23,24). The SMILES string of the molecule is Cc1cc(C)cc(OCC(=O)NCCCc2cccc(OC(C)C)c2)c1. The number of carbonyl (C=O) groups is 1. The van der Waals surface area contributed by atoms with Crippen molar-refractivity contribution in [1.29, 1.82) is 0 Å². The van der Waals surface area contributed by atoms with Crippen LogP contribution in [0.3, 0.4) is 0 Å². The van der Waals surface area contributed by atoms with E-state index in [9.17, 15) is 4.79 Å². The van der Waals surface area contributed by atoms with Gasteiger partial charge in [-0.2, -0.15) is 0 Å². The average Bonchev–Trinajstić information content (AvgIpc) is 2.56. The fraction of sp³-hybridized carbons (Fsp3) is 0.409. The largest absolute Gasteiger partial charge is 0.491 e. The zero-order valence-corrected chi connectivity index (χ0v) is 16.2. The topological polar surface area (TPSA) is 47.6 Å². The lowest BCUT2D eigenvalue weighted by Gasteiger charge is -2.11. The number of nitrogens with one attached hydrogen (secondary N) is 1. The highest BCUT2D eigenvalue weighted by Gasteiger charge is 2.04. The van der Waals surface area contributed by atoms with Crippen molar-refractivity contribution < 1.29 is 14.3 Å². The Labute approximate surface area is 156 Å². The zero-order chi connectivity index (χ0) is 18.9. The lowest BCUT2D eigenvalue weighted by molar-refractivity contribution is -0.123. The van der Waals surface area contributed by atoms with E-state index in [1.165, 1.54) is 5.56 Å². The number of carbonyl (C=O) groups excluding carboxylic acids is 1. The first-order valence-electron chi connectivity index (χ1n) is 9.16. The van der Waals surface area contributed by atoms with Crippen molar-refractivity contribution >= 4 is 5.91 Å². The maximum absolute atomic E-state index is 11.9. The van der Waals surface area contributed by atoms with E-state index in [0.29, 0.717) is 6.54 Å². The molecule has 2 aromatic carbocycles. The lowest BCUT2D eigenvalue weighted by atomic mass is 10.1. The first-order valence-corrected chi connectivity index (χ1v) is 9.16. The van der Waals surface area contributed by atoms with Gasteiger partial charge < -0.3 is 14.8 Å². The van der Waals surface area contributed by atoms with Crippen LogP contribution >= 0.6 is 0 Å². The highest BCUT2D eigenvalue weighted by molar-refractivity contribution is 5.77. The van der Waals surface area contributed by atoms with Gasteiger partial charge in [0, 0.05) is 6.54 Å². The highest BCUT2D eigenvalue weighted by Crippen LogP contribution is 2.17. The van der Waals surface area contributed by atoms with E-state index in [-0.39, 0.29) is 18.6 Å². The fourth-order valence-electron chi connectivity index (χ4n) is 2.78. The van der Waals surface area contributed by atoms with E-state index >= 15 is 0 Å². The summed E-state index contributed by atoms with van der Waals surface area (Å²) in [7, 11) is 0. The molecule has 0 spiro atoms. The molecule has 0 atom stereocenters. The first-order chi connectivity index (χ1) is 12.4. The number of hydrogen-bond donors (Lipinski definition) is 1. The second-order valence-corrected chi connectivity index (χ2v) is 6.88. The minimum atomic E-state index is -0.0962. The van der Waals surface area contributed by atoms with E-state index in [2.05, 4.69) is 23.5 Å². The Morgan fingerprint density at radius 2 is 1.77 bits per heavy atom. The maximum Gasteiger partial charge on any atom is 0.257 e. The molecule has 0 aliphatic carbocycles. The lowest BCUT2D eigenvalue weighted by Crippen LogP contribution is -2.29. The predicted molar refractivity (Wildman–Crippen MR) is 105 cm³/mol. The molecule has 1 N–H and O–H groups in total. The number of amides is 1. The average molecular weight is 355 g/mol. The van der Waals surface area contributed by atoms with Crippen molar-refractivity contribution in [3.8, 4) is 11.5 Å². The van der Waals surface area contributed by atoms with E-state index in [1.807, 2.05) is 52.0 Å². The van der Waals surface area contributed by atoms with Crippen LogP contribution < -0.4 is 14.8 Å². The summed E-state index contributed by atoms with van der Waals surface area (Å²) in [6.07, 6.45) is 1.94. The summed E-state index contributed by atoms with van der Waals surface area (Å²) in [5.74, 6) is 1.53. The maximum atomic E-state index is 11.9. The molecule has 0 radical (unpaired) electrons. The minimum Gasteiger partial charge on any atom is -0.491 e. The van der Waals surface area contributed by atoms with E-state index in [1.54, 1.807) is 0 Å². The Morgan fingerprint density at radius 3 is 2.46 bits per heavy atom. The fourth-order valence-corrected chi connectivity index (χ4v) is 2.78. The van der Waals surface area contributed by atoms with Gasteiger partial charge in [0.2, 0.25) is 0 Å². The molecule has 2 rings (SSSR count). The molecule has 4 nitrogen and oxygen atoms in total. The number of hydrogen-bond acceptors (Lipinski definition) is 3. The van der Waals surface area contributed by atoms with Crippen LogP contribution in [-0.4, -0.2) is 25.2 Å². The van der Waals surface area contributed by atoms with Crippen LogP contribution in [0.5, 0.6) is 11.5 Å². The molecule has 0 saturated carbocycles. The summed E-state index contributed by atoms with van der Waals surface area (Å²) < 4.78 is 11.3. The number of aryl methyl sites for hydroxylation is 3. The Kier molecular flexibility index (Phi) is 7.52. The van der Waals surface area contributed by atoms with Gasteiger partial charge in [-0.25, -0.2) is 0 Å². The van der Waals surface area contributed by atoms with Crippen molar-refractivity contribution in [1.82, 2.24) is 5.32 Å². The molecule has 26 heavy (non-hydrogen) atoms. The van der Waals surface area contributed by atoms with Gasteiger partial charge in [-0.1, -0.05) is 18.2 Å². The van der Waals surface area contributed by atoms with Crippen LogP contribution in [0.2, 0.25) is 0 Å². The number of benzene rings is 2. The van der Waals surface area contributed by atoms with Gasteiger partial charge in [-0.05, 0) is 81.5 Å². The van der Waals surface area contributed by atoms with Gasteiger partial charge in [-0.15, -0.1) is 0 Å². The van der Waals surface area contributed by atoms with Gasteiger partial charge in [0.15, 0.2) is 6.61 Å². The van der Waals surface area contributed by atoms with Gasteiger partial charge in [0.25, 0.3) is 5.91 Å². The molecule has 0 unspecified atom stereocenters. The zero-order valence-electron chi connectivity index (χ0n) is 16.2. The van der Waals surface area contributed by atoms with Gasteiger partial charge in [0.1, 0.15) is 11.5 Å². The van der Waals surface area contributed by atoms with Crippen molar-refractivity contribution in [2.75, 3.05) is 13.2 Å². The molecule has 0 aliphatic rings. The quantitative estimate of drug-likeness (QED) is 0.685. The molecule has 0 saturated heterocycles. The highest BCUT2D eigenvalue weighted by atomic mass is 16.5. The molecule has 0 fully saturated rings. The summed E-state index contributed by atoms with van der Waals surface area (Å²) >= 11 is 0. The molecule has 0 heterocycles. The van der Waals surface area contributed by atoms with Crippen LogP contribution in [0, 0.1) is 13.8 Å². The van der Waals surface area contributed by atoms with E-state index in [0.717, 1.165) is 35.5 Å². The van der Waals surface area contributed by atoms with Crippen LogP contribution in [-0.2, 0) is 11.2 Å². The molecule has 4 heteroatoms. The van der Waals surface area contributed by atoms with Crippen molar-refractivity contribution in [2.24, 2.45) is 0 Å². The van der Waals surface area contributed by atoms with Gasteiger partial charge in [-0.3, -0.25) is 4.79 Å². The van der Waals surface area contributed by atoms with Crippen LogP contribution in [0.25, 0.3) is 0 Å². The molecular formula is C22H29NO3. The summed E-state index contributed by atoms with van der Waals surface area (Å²) in [6, 6.07) is 14.1. The molecule has 0 bridgehead atoms. The number of ether oxygens (including phenoxy) is 2. The Morgan fingerprint density at radius 1 is 1.04 bits per heavy atom. The van der Waals surface area contributed by atoms with E-state index < -0.39 is 0 Å². The van der Waals surface area contributed by atoms with Gasteiger partial charge in [0.05, 0.1) is 6.10 Å². The molecule has 0 aromatic heterocycles. The first kappa shape index (κ1) is 19.8. The van der Waals surface area contributed by atoms with Crippen molar-refractivity contribution in [3.63, 3.8) is 0 Å². The monoisotopic (exact) mass is 355 g/mol. The van der Waals surface area contributed by atoms with Crippen LogP contribution in [0.1, 0.15) is 37.0 Å². The second-order valence-electron chi connectivity index (χ2n) is 6.88. The molecular weight excluding hydrogens is 326 g/mol. The Hall–Kier alpha value is -2.49. The summed E-state index contributed by atoms with van der Waals surface area (Å²) in [5, 5.41) is 2.90. The smallest absolute Gasteiger partial charge is 0.257 e. The summed E-state index contributed by atoms with van der Waals surface area (Å²) in [4.78, 5) is 11.9. The Balaban J connectivity index is 1.68. The third kappa shape index (κ3) is 7.18. The molecule has 140 valence electrons. The third-order valence-electron chi connectivity index (χ3n) is 3.80. The van der Waals surface area contributed by atoms with Crippen LogP contribution in [0.4, 0.5) is 0 Å². The van der Waals surface area contributed by atoms with E-state index in [4.69, 9.17) is 9.47 Å². The second kappa shape index (κ2) is 9.85. The summed E-state index contributed by atoms with van der Waals surface area (Å²) in [6.45, 7) is 8.73. The molecule has 2 aromatic rings. The van der Waals surface area contributed by atoms with Crippen molar-refractivity contribution in [3.05, 3.63) is 59.2 Å². The Bertz CT molecular complexity index is 705. The number of rotatable bonds is 9. The van der Waals surface area contributed by atoms with Gasteiger partial charge >= 0.3 is 0 Å². The predicted octanol–water partition coefficient (Wildman–Crippen LogP) is 4.22. The third-order valence-corrected chi connectivity index (χ3v) is 3.80.